The summed E-state index contributed by atoms with van der Waals surface area (Å²) in [6.45, 7) is 1.54. The SMILES string of the molecule is CN(C)CCNC(=O)CC1Nc2cccc3c2C(C=CC3)N1. The molecular weight excluding hydrogens is 276 g/mol. The maximum atomic E-state index is 12.1. The van der Waals surface area contributed by atoms with Gasteiger partial charge in [0.2, 0.25) is 5.91 Å². The Morgan fingerprint density at radius 1 is 1.41 bits per heavy atom. The van der Waals surface area contributed by atoms with Crippen molar-refractivity contribution in [3.8, 4) is 0 Å². The fourth-order valence-corrected chi connectivity index (χ4v) is 3.08. The van der Waals surface area contributed by atoms with E-state index in [1.165, 1.54) is 11.1 Å². The second-order valence-electron chi connectivity index (χ2n) is 6.21. The Labute approximate surface area is 131 Å². The Bertz CT molecular complexity index is 582. The maximum Gasteiger partial charge on any atom is 0.223 e. The zero-order chi connectivity index (χ0) is 15.5. The van der Waals surface area contributed by atoms with Gasteiger partial charge in [0, 0.05) is 18.8 Å². The zero-order valence-electron chi connectivity index (χ0n) is 13.2. The van der Waals surface area contributed by atoms with E-state index in [0.29, 0.717) is 13.0 Å². The largest absolute Gasteiger partial charge is 0.369 e. The van der Waals surface area contributed by atoms with Gasteiger partial charge in [-0.3, -0.25) is 10.1 Å². The van der Waals surface area contributed by atoms with E-state index in [0.717, 1.165) is 18.7 Å². The molecule has 0 aromatic heterocycles. The molecule has 1 amide bonds. The molecule has 0 radical (unpaired) electrons. The standard InChI is InChI=1S/C17H24N4O/c1-21(2)10-9-18-16(22)11-15-19-13-7-3-5-12-6-4-8-14(20-15)17(12)13/h3-5,7-8,14-15,19-20H,6,9-11H2,1-2H3,(H,18,22). The molecule has 1 aromatic carbocycles. The monoisotopic (exact) mass is 300 g/mol. The molecule has 1 aromatic rings. The lowest BCUT2D eigenvalue weighted by Crippen LogP contribution is -2.46. The van der Waals surface area contributed by atoms with E-state index >= 15 is 0 Å². The molecule has 2 atom stereocenters. The molecule has 5 nitrogen and oxygen atoms in total. The van der Waals surface area contributed by atoms with Crippen LogP contribution < -0.4 is 16.0 Å². The van der Waals surface area contributed by atoms with Crippen molar-refractivity contribution in [1.29, 1.82) is 0 Å². The first kappa shape index (κ1) is 15.1. The van der Waals surface area contributed by atoms with Gasteiger partial charge in [-0.15, -0.1) is 0 Å². The topological polar surface area (TPSA) is 56.4 Å². The first-order chi connectivity index (χ1) is 10.6. The van der Waals surface area contributed by atoms with Gasteiger partial charge >= 0.3 is 0 Å². The molecular formula is C17H24N4O. The van der Waals surface area contributed by atoms with Gasteiger partial charge in [-0.2, -0.15) is 0 Å². The van der Waals surface area contributed by atoms with Gasteiger partial charge in [-0.1, -0.05) is 24.3 Å². The van der Waals surface area contributed by atoms with E-state index < -0.39 is 0 Å². The normalized spacial score (nSPS) is 22.1. The van der Waals surface area contributed by atoms with E-state index in [1.54, 1.807) is 0 Å². The predicted octanol–water partition coefficient (Wildman–Crippen LogP) is 1.25. The van der Waals surface area contributed by atoms with Crippen molar-refractivity contribution in [2.75, 3.05) is 32.5 Å². The second kappa shape index (κ2) is 6.50. The number of nitrogens with zero attached hydrogens (tertiary/aromatic N) is 1. The summed E-state index contributed by atoms with van der Waals surface area (Å²) in [6.07, 6.45) is 5.78. The average Bonchev–Trinajstić information content (AvgIpc) is 2.47. The van der Waals surface area contributed by atoms with Crippen LogP contribution in [0.3, 0.4) is 0 Å². The van der Waals surface area contributed by atoms with Crippen molar-refractivity contribution in [2.24, 2.45) is 0 Å². The highest BCUT2D eigenvalue weighted by Gasteiger charge is 2.28. The highest BCUT2D eigenvalue weighted by molar-refractivity contribution is 5.77. The van der Waals surface area contributed by atoms with Crippen LogP contribution >= 0.6 is 0 Å². The first-order valence-corrected chi connectivity index (χ1v) is 7.86. The van der Waals surface area contributed by atoms with Crippen molar-refractivity contribution < 1.29 is 4.79 Å². The summed E-state index contributed by atoms with van der Waals surface area (Å²) < 4.78 is 0. The van der Waals surface area contributed by atoms with Crippen LogP contribution in [0.15, 0.2) is 30.4 Å². The van der Waals surface area contributed by atoms with Gasteiger partial charge in [0.15, 0.2) is 0 Å². The van der Waals surface area contributed by atoms with Crippen LogP contribution in [0.25, 0.3) is 0 Å². The molecule has 0 bridgehead atoms. The van der Waals surface area contributed by atoms with Gasteiger partial charge in [-0.05, 0) is 37.7 Å². The van der Waals surface area contributed by atoms with E-state index in [2.05, 4.69) is 51.2 Å². The number of amides is 1. The zero-order valence-corrected chi connectivity index (χ0v) is 13.2. The molecule has 0 spiro atoms. The number of likely N-dealkylation sites (N-methyl/N-ethyl adjacent to an activating group) is 1. The lowest BCUT2D eigenvalue weighted by molar-refractivity contribution is -0.121. The van der Waals surface area contributed by atoms with Crippen LogP contribution in [0.2, 0.25) is 0 Å². The van der Waals surface area contributed by atoms with Gasteiger partial charge in [0.25, 0.3) is 0 Å². The third kappa shape index (κ3) is 3.31. The lowest BCUT2D eigenvalue weighted by atomic mass is 9.89. The number of hydrogen-bond donors (Lipinski definition) is 3. The molecule has 1 aliphatic heterocycles. The summed E-state index contributed by atoms with van der Waals surface area (Å²) in [7, 11) is 4.00. The number of rotatable bonds is 5. The molecule has 3 rings (SSSR count). The van der Waals surface area contributed by atoms with Crippen LogP contribution in [-0.2, 0) is 11.2 Å². The molecule has 0 fully saturated rings. The van der Waals surface area contributed by atoms with Crippen molar-refractivity contribution in [3.05, 3.63) is 41.5 Å². The van der Waals surface area contributed by atoms with E-state index in [-0.39, 0.29) is 18.1 Å². The molecule has 1 heterocycles. The second-order valence-corrected chi connectivity index (χ2v) is 6.21. The van der Waals surface area contributed by atoms with Crippen LogP contribution in [-0.4, -0.2) is 44.2 Å². The van der Waals surface area contributed by atoms with Crippen LogP contribution in [0.1, 0.15) is 23.6 Å². The number of carbonyl (C=O) groups excluding carboxylic acids is 1. The van der Waals surface area contributed by atoms with Crippen molar-refractivity contribution >= 4 is 11.6 Å². The Balaban J connectivity index is 1.61. The quantitative estimate of drug-likeness (QED) is 0.716. The molecule has 0 saturated heterocycles. The summed E-state index contributed by atoms with van der Waals surface area (Å²) in [4.78, 5) is 14.1. The third-order valence-electron chi connectivity index (χ3n) is 4.15. The van der Waals surface area contributed by atoms with Gasteiger partial charge in [-0.25, -0.2) is 0 Å². The van der Waals surface area contributed by atoms with E-state index in [9.17, 15) is 4.79 Å². The average molecular weight is 300 g/mol. The summed E-state index contributed by atoms with van der Waals surface area (Å²) in [5.74, 6) is 0.0752. The van der Waals surface area contributed by atoms with Gasteiger partial charge in [0.1, 0.15) is 0 Å². The minimum absolute atomic E-state index is 0.0325. The molecule has 5 heteroatoms. The third-order valence-corrected chi connectivity index (χ3v) is 4.15. The summed E-state index contributed by atoms with van der Waals surface area (Å²) in [5.41, 5.74) is 3.84. The van der Waals surface area contributed by atoms with Gasteiger partial charge < -0.3 is 15.5 Å². The molecule has 22 heavy (non-hydrogen) atoms. The smallest absolute Gasteiger partial charge is 0.223 e. The molecule has 118 valence electrons. The van der Waals surface area contributed by atoms with Crippen LogP contribution in [0, 0.1) is 0 Å². The summed E-state index contributed by atoms with van der Waals surface area (Å²) >= 11 is 0. The summed E-state index contributed by atoms with van der Waals surface area (Å²) in [5, 5.41) is 9.93. The predicted molar refractivity (Wildman–Crippen MR) is 88.8 cm³/mol. The van der Waals surface area contributed by atoms with Crippen LogP contribution in [0.5, 0.6) is 0 Å². The van der Waals surface area contributed by atoms with E-state index in [4.69, 9.17) is 0 Å². The highest BCUT2D eigenvalue weighted by atomic mass is 16.1. The lowest BCUT2D eigenvalue weighted by Gasteiger charge is -2.36. The Morgan fingerprint density at radius 2 is 2.27 bits per heavy atom. The fourth-order valence-electron chi connectivity index (χ4n) is 3.08. The van der Waals surface area contributed by atoms with Crippen molar-refractivity contribution in [1.82, 2.24) is 15.5 Å². The number of carbonyl (C=O) groups is 1. The number of hydrogen-bond acceptors (Lipinski definition) is 4. The first-order valence-electron chi connectivity index (χ1n) is 7.86. The molecule has 3 N–H and O–H groups in total. The van der Waals surface area contributed by atoms with E-state index in [1.807, 2.05) is 14.1 Å². The number of benzene rings is 1. The van der Waals surface area contributed by atoms with Gasteiger partial charge in [0.05, 0.1) is 18.6 Å². The minimum Gasteiger partial charge on any atom is -0.369 e. The van der Waals surface area contributed by atoms with Crippen molar-refractivity contribution in [2.45, 2.75) is 25.0 Å². The summed E-state index contributed by atoms with van der Waals surface area (Å²) in [6, 6.07) is 6.56. The molecule has 1 aliphatic carbocycles. The molecule has 2 aliphatic rings. The van der Waals surface area contributed by atoms with Crippen molar-refractivity contribution in [3.63, 3.8) is 0 Å². The maximum absolute atomic E-state index is 12.1. The minimum atomic E-state index is -0.0325. The fraction of sp³-hybridized carbons (Fsp3) is 0.471. The Morgan fingerprint density at radius 3 is 3.09 bits per heavy atom. The number of nitrogens with one attached hydrogen (secondary N) is 3. The Kier molecular flexibility index (Phi) is 4.45. The molecule has 0 saturated carbocycles. The van der Waals surface area contributed by atoms with Crippen LogP contribution in [0.4, 0.5) is 5.69 Å². The highest BCUT2D eigenvalue weighted by Crippen LogP contribution is 2.35. The Hall–Kier alpha value is -1.85. The molecule has 2 unspecified atom stereocenters. The number of allylic oxidation sites excluding steroid dienone is 1. The number of anilines is 1.